The Balaban J connectivity index is 1.61. The van der Waals surface area contributed by atoms with Crippen molar-refractivity contribution >= 4 is 23.4 Å². The molecule has 1 unspecified atom stereocenters. The summed E-state index contributed by atoms with van der Waals surface area (Å²) in [7, 11) is 0. The van der Waals surface area contributed by atoms with Gasteiger partial charge in [-0.3, -0.25) is 19.5 Å². The number of hydrogen-bond donors (Lipinski definition) is 1. The first-order chi connectivity index (χ1) is 18.0. The maximum atomic E-state index is 12.9. The number of carbonyl (C=O) groups excluding carboxylic acids is 1. The molecule has 0 bridgehead atoms. The van der Waals surface area contributed by atoms with Crippen LogP contribution in [0.2, 0.25) is 0 Å². The molecule has 1 N–H and O–H groups in total. The van der Waals surface area contributed by atoms with Crippen LogP contribution in [0, 0.1) is 17.0 Å². The molecule has 0 radical (unpaired) electrons. The predicted octanol–water partition coefficient (Wildman–Crippen LogP) is 6.29. The lowest BCUT2D eigenvalue weighted by molar-refractivity contribution is -0.384. The van der Waals surface area contributed by atoms with Gasteiger partial charge in [-0.2, -0.15) is 13.2 Å². The van der Waals surface area contributed by atoms with Crippen LogP contribution in [-0.4, -0.2) is 25.6 Å². The molecular weight excluding hydrogens is 519 g/mol. The molecule has 0 aliphatic rings. The largest absolute Gasteiger partial charge is 0.416 e. The summed E-state index contributed by atoms with van der Waals surface area (Å²) in [6.07, 6.45) is -4.50. The van der Waals surface area contributed by atoms with Crippen molar-refractivity contribution in [3.63, 3.8) is 0 Å². The summed E-state index contributed by atoms with van der Waals surface area (Å²) >= 11 is 1.41. The minimum absolute atomic E-state index is 0.0558. The average molecular weight is 542 g/mol. The van der Waals surface area contributed by atoms with Crippen LogP contribution in [0.4, 0.5) is 18.9 Å². The van der Waals surface area contributed by atoms with E-state index in [1.165, 1.54) is 23.9 Å². The second kappa shape index (κ2) is 11.1. The van der Waals surface area contributed by atoms with E-state index in [4.69, 9.17) is 0 Å². The summed E-state index contributed by atoms with van der Waals surface area (Å²) in [6, 6.07) is 17.0. The normalized spacial score (nSPS) is 12.2. The average Bonchev–Trinajstić information content (AvgIpc) is 3.31. The van der Waals surface area contributed by atoms with Gasteiger partial charge in [0.05, 0.1) is 16.5 Å². The van der Waals surface area contributed by atoms with Gasteiger partial charge in [-0.15, -0.1) is 10.2 Å². The molecular formula is C26H22F3N5O3S. The van der Waals surface area contributed by atoms with E-state index in [-0.39, 0.29) is 11.3 Å². The second-order valence-electron chi connectivity index (χ2n) is 8.50. The number of halogens is 3. The van der Waals surface area contributed by atoms with Crippen molar-refractivity contribution in [1.29, 1.82) is 0 Å². The third kappa shape index (κ3) is 6.20. The predicted molar refractivity (Wildman–Crippen MR) is 136 cm³/mol. The molecule has 0 saturated carbocycles. The van der Waals surface area contributed by atoms with E-state index in [0.29, 0.717) is 22.4 Å². The zero-order valence-electron chi connectivity index (χ0n) is 20.3. The van der Waals surface area contributed by atoms with Crippen LogP contribution in [0.3, 0.4) is 0 Å². The maximum absolute atomic E-state index is 12.9. The zero-order chi connectivity index (χ0) is 27.4. The number of nitrogens with one attached hydrogen (secondary N) is 1. The van der Waals surface area contributed by atoms with E-state index in [1.807, 2.05) is 31.2 Å². The number of carbonyl (C=O) groups is 1. The van der Waals surface area contributed by atoms with Crippen LogP contribution >= 0.6 is 11.8 Å². The zero-order valence-corrected chi connectivity index (χ0v) is 21.1. The lowest BCUT2D eigenvalue weighted by Gasteiger charge is -2.17. The van der Waals surface area contributed by atoms with Crippen molar-refractivity contribution in [3.8, 4) is 5.69 Å². The lowest BCUT2D eigenvalue weighted by Crippen LogP contribution is -2.28. The summed E-state index contributed by atoms with van der Waals surface area (Å²) in [6.45, 7) is 3.66. The van der Waals surface area contributed by atoms with Crippen molar-refractivity contribution < 1.29 is 22.9 Å². The number of aromatic nitrogens is 3. The number of nitrogens with zero attached hydrogens (tertiary/aromatic N) is 4. The summed E-state index contributed by atoms with van der Waals surface area (Å²) in [5.74, 6) is 0.350. The molecule has 0 fully saturated rings. The van der Waals surface area contributed by atoms with E-state index >= 15 is 0 Å². The fraction of sp³-hybridized carbons (Fsp3) is 0.192. The molecule has 196 valence electrons. The first-order valence-corrected chi connectivity index (χ1v) is 12.4. The van der Waals surface area contributed by atoms with Gasteiger partial charge >= 0.3 is 6.18 Å². The van der Waals surface area contributed by atoms with E-state index in [0.717, 1.165) is 35.4 Å². The van der Waals surface area contributed by atoms with Crippen molar-refractivity contribution in [2.45, 2.75) is 37.0 Å². The fourth-order valence-corrected chi connectivity index (χ4v) is 4.63. The van der Waals surface area contributed by atoms with Gasteiger partial charge in [-0.25, -0.2) is 0 Å². The van der Waals surface area contributed by atoms with Gasteiger partial charge < -0.3 is 5.32 Å². The molecule has 1 amide bonds. The Morgan fingerprint density at radius 3 is 2.37 bits per heavy atom. The van der Waals surface area contributed by atoms with Crippen molar-refractivity contribution in [2.24, 2.45) is 0 Å². The Bertz CT molecular complexity index is 1450. The summed E-state index contributed by atoms with van der Waals surface area (Å²) in [5, 5.41) is 22.9. The lowest BCUT2D eigenvalue weighted by atomic mass is 10.1. The Morgan fingerprint density at radius 1 is 1.08 bits per heavy atom. The molecule has 1 heterocycles. The highest BCUT2D eigenvalue weighted by Gasteiger charge is 2.30. The highest BCUT2D eigenvalue weighted by atomic mass is 32.2. The first-order valence-electron chi connectivity index (χ1n) is 11.4. The van der Waals surface area contributed by atoms with Crippen LogP contribution < -0.4 is 5.32 Å². The van der Waals surface area contributed by atoms with Crippen molar-refractivity contribution in [1.82, 2.24) is 20.1 Å². The summed E-state index contributed by atoms with van der Waals surface area (Å²) in [5.41, 5.74) is 1.85. The molecule has 38 heavy (non-hydrogen) atoms. The van der Waals surface area contributed by atoms with Crippen LogP contribution in [-0.2, 0) is 11.9 Å². The monoisotopic (exact) mass is 541 g/mol. The topological polar surface area (TPSA) is 103 Å². The van der Waals surface area contributed by atoms with E-state index in [9.17, 15) is 28.1 Å². The Kier molecular flexibility index (Phi) is 7.81. The minimum atomic E-state index is -4.50. The van der Waals surface area contributed by atoms with Gasteiger partial charge in [0.15, 0.2) is 11.0 Å². The molecule has 8 nitrogen and oxygen atoms in total. The van der Waals surface area contributed by atoms with Crippen LogP contribution in [0.25, 0.3) is 5.69 Å². The number of hydrogen-bond acceptors (Lipinski definition) is 6. The van der Waals surface area contributed by atoms with E-state index in [2.05, 4.69) is 15.5 Å². The smallest absolute Gasteiger partial charge is 0.342 e. The number of thioether (sulfide) groups is 1. The SMILES string of the molecule is Cc1cccc(CSc2nnc(C(C)NC(=O)c3ccc(C(F)(F)F)cc3)n2-c2ccc([N+](=O)[O-])cc2)c1. The number of benzene rings is 3. The third-order valence-corrected chi connectivity index (χ3v) is 6.64. The summed E-state index contributed by atoms with van der Waals surface area (Å²) < 4.78 is 40.3. The van der Waals surface area contributed by atoms with Gasteiger partial charge in [0, 0.05) is 29.1 Å². The van der Waals surface area contributed by atoms with Crippen LogP contribution in [0.5, 0.6) is 0 Å². The molecule has 1 aromatic heterocycles. The van der Waals surface area contributed by atoms with Gasteiger partial charge in [-0.05, 0) is 55.8 Å². The molecule has 4 rings (SSSR count). The Morgan fingerprint density at radius 2 is 1.76 bits per heavy atom. The number of amides is 1. The molecule has 4 aromatic rings. The standard InChI is InChI=1S/C26H22F3N5O3S/c1-16-4-3-5-18(14-16)15-38-25-32-31-23(33(25)21-10-12-22(13-11-21)34(36)37)17(2)30-24(35)19-6-8-20(9-7-19)26(27,28)29/h3-14,17H,15H2,1-2H3,(H,30,35). The number of aryl methyl sites for hydroxylation is 1. The molecule has 0 aliphatic heterocycles. The second-order valence-corrected chi connectivity index (χ2v) is 9.44. The molecule has 3 aromatic carbocycles. The summed E-state index contributed by atoms with van der Waals surface area (Å²) in [4.78, 5) is 23.4. The molecule has 1 atom stereocenters. The number of non-ortho nitro benzene ring substituents is 1. The third-order valence-electron chi connectivity index (χ3n) is 5.64. The highest BCUT2D eigenvalue weighted by molar-refractivity contribution is 7.98. The van der Waals surface area contributed by atoms with Crippen molar-refractivity contribution in [2.75, 3.05) is 0 Å². The molecule has 0 saturated heterocycles. The fourth-order valence-electron chi connectivity index (χ4n) is 3.73. The van der Waals surface area contributed by atoms with Gasteiger partial charge in [0.2, 0.25) is 0 Å². The highest BCUT2D eigenvalue weighted by Crippen LogP contribution is 2.30. The number of nitro benzene ring substituents is 1. The molecule has 0 spiro atoms. The first kappa shape index (κ1) is 26.9. The van der Waals surface area contributed by atoms with E-state index in [1.54, 1.807) is 23.6 Å². The minimum Gasteiger partial charge on any atom is -0.342 e. The van der Waals surface area contributed by atoms with Gasteiger partial charge in [-0.1, -0.05) is 41.6 Å². The maximum Gasteiger partial charge on any atom is 0.416 e. The molecule has 0 aliphatic carbocycles. The Labute approximate surface area is 220 Å². The number of rotatable bonds is 8. The van der Waals surface area contributed by atoms with E-state index < -0.39 is 28.6 Å². The Hall–Kier alpha value is -4.19. The number of nitro groups is 1. The van der Waals surface area contributed by atoms with Crippen molar-refractivity contribution in [3.05, 3.63) is 111 Å². The number of alkyl halides is 3. The molecule has 12 heteroatoms. The van der Waals surface area contributed by atoms with Crippen LogP contribution in [0.1, 0.15) is 45.8 Å². The van der Waals surface area contributed by atoms with Gasteiger partial charge in [0.1, 0.15) is 0 Å². The quantitative estimate of drug-likeness (QED) is 0.160. The van der Waals surface area contributed by atoms with Gasteiger partial charge in [0.25, 0.3) is 11.6 Å². The van der Waals surface area contributed by atoms with Crippen LogP contribution in [0.15, 0.2) is 78.0 Å².